The van der Waals surface area contributed by atoms with Crippen LogP contribution in [0.5, 0.6) is 0 Å². The van der Waals surface area contributed by atoms with E-state index in [2.05, 4.69) is 11.1 Å². The molecule has 0 aromatic carbocycles. The van der Waals surface area contributed by atoms with E-state index in [0.717, 1.165) is 0 Å². The fourth-order valence-electron chi connectivity index (χ4n) is 0.137. The summed E-state index contributed by atoms with van der Waals surface area (Å²) in [5.41, 5.74) is 0. The second-order valence-electron chi connectivity index (χ2n) is 1.02. The van der Waals surface area contributed by atoms with Crippen molar-refractivity contribution in [3.05, 3.63) is 12.8 Å². The predicted octanol–water partition coefficient (Wildman–Crippen LogP) is 0.979. The molecule has 0 fully saturated rings. The van der Waals surface area contributed by atoms with E-state index in [1.807, 2.05) is 0 Å². The zero-order valence-corrected chi connectivity index (χ0v) is 9.04. The normalized spacial score (nSPS) is 16.0. The number of hydrogen-bond donors (Lipinski definition) is 2. The molecule has 0 saturated carbocycles. The average Bonchev–Trinajstić information content (AvgIpc) is 1.65. The van der Waals surface area contributed by atoms with Gasteiger partial charge in [-0.05, 0) is 4.57 Å². The molecular formula is C2H5O5P2Zr+. The molecule has 0 bridgehead atoms. The van der Waals surface area contributed by atoms with Crippen LogP contribution >= 0.6 is 15.0 Å². The van der Waals surface area contributed by atoms with Crippen LogP contribution in [0.4, 0.5) is 0 Å². The maximum absolute atomic E-state index is 10.2. The van der Waals surface area contributed by atoms with Gasteiger partial charge in [-0.15, -0.1) is 0 Å². The first-order chi connectivity index (χ1) is 4.00. The predicted molar refractivity (Wildman–Crippen MR) is 30.9 cm³/mol. The molecule has 8 heteroatoms. The Morgan fingerprint density at radius 2 is 2.10 bits per heavy atom. The summed E-state index contributed by atoms with van der Waals surface area (Å²) in [6.45, 7) is 2.93. The first kappa shape index (κ1) is 13.3. The van der Waals surface area contributed by atoms with Gasteiger partial charge in [0.05, 0.1) is 6.26 Å². The summed E-state index contributed by atoms with van der Waals surface area (Å²) in [5, 5.41) is 0. The van der Waals surface area contributed by atoms with Gasteiger partial charge < -0.3 is 4.52 Å². The summed E-state index contributed by atoms with van der Waals surface area (Å²) in [6, 6.07) is 0. The van der Waals surface area contributed by atoms with Crippen molar-refractivity contribution < 1.29 is 49.6 Å². The van der Waals surface area contributed by atoms with E-state index in [0.29, 0.717) is 6.26 Å². The van der Waals surface area contributed by atoms with Crippen molar-refractivity contribution in [3.8, 4) is 0 Å². The van der Waals surface area contributed by atoms with Gasteiger partial charge in [-0.25, -0.2) is 0 Å². The Hall–Kier alpha value is 0.673. The van der Waals surface area contributed by atoms with Crippen LogP contribution in [0.25, 0.3) is 0 Å². The Balaban J connectivity index is 0. The van der Waals surface area contributed by atoms with Crippen LogP contribution in [0.1, 0.15) is 0 Å². The molecule has 2 atom stereocenters. The zero-order valence-electron chi connectivity index (χ0n) is 4.80. The molecule has 5 nitrogen and oxygen atoms in total. The Kier molecular flexibility index (Phi) is 7.09. The van der Waals surface area contributed by atoms with Crippen LogP contribution in [0.2, 0.25) is 0 Å². The molecule has 56 valence electrons. The molecule has 0 aliphatic heterocycles. The summed E-state index contributed by atoms with van der Waals surface area (Å²) < 4.78 is 23.9. The van der Waals surface area contributed by atoms with Gasteiger partial charge >= 0.3 is 15.0 Å². The molecule has 0 aromatic rings. The first-order valence-corrected chi connectivity index (χ1v) is 5.29. The molecule has 0 amide bonds. The third-order valence-corrected chi connectivity index (χ3v) is 2.86. The van der Waals surface area contributed by atoms with Gasteiger partial charge in [0.2, 0.25) is 0 Å². The zero-order chi connectivity index (χ0) is 7.49. The maximum Gasteiger partial charge on any atom is 0.656 e. The number of hydrogen-bond acceptors (Lipinski definition) is 3. The average molecular weight is 262 g/mol. The Bertz CT molecular complexity index is 178. The van der Waals surface area contributed by atoms with Crippen LogP contribution in [-0.4, -0.2) is 9.79 Å². The van der Waals surface area contributed by atoms with Gasteiger partial charge in [0.1, 0.15) is 0 Å². The molecule has 2 N–H and O–H groups in total. The summed E-state index contributed by atoms with van der Waals surface area (Å²) in [4.78, 5) is 16.4. The molecule has 10 heavy (non-hydrogen) atoms. The SMILES string of the molecule is C=COP(=O)(O)[P+](=O)O.[Zr]. The monoisotopic (exact) mass is 261 g/mol. The summed E-state index contributed by atoms with van der Waals surface area (Å²) in [5.74, 6) is 0. The third-order valence-electron chi connectivity index (χ3n) is 0.428. The fraction of sp³-hybridized carbons (Fsp3) is 0. The van der Waals surface area contributed by atoms with Crippen molar-refractivity contribution in [2.75, 3.05) is 0 Å². The topological polar surface area (TPSA) is 83.8 Å². The van der Waals surface area contributed by atoms with Gasteiger partial charge in [0.15, 0.2) is 0 Å². The van der Waals surface area contributed by atoms with E-state index in [4.69, 9.17) is 9.79 Å². The molecule has 0 rings (SSSR count). The van der Waals surface area contributed by atoms with E-state index >= 15 is 0 Å². The van der Waals surface area contributed by atoms with Crippen LogP contribution < -0.4 is 0 Å². The second-order valence-corrected chi connectivity index (χ2v) is 5.26. The molecule has 0 saturated heterocycles. The van der Waals surface area contributed by atoms with Crippen LogP contribution in [-0.2, 0) is 39.9 Å². The van der Waals surface area contributed by atoms with E-state index in [1.165, 1.54) is 0 Å². The van der Waals surface area contributed by atoms with Gasteiger partial charge in [-0.3, -0.25) is 4.89 Å². The van der Waals surface area contributed by atoms with Gasteiger partial charge in [0.25, 0.3) is 0 Å². The minimum absolute atomic E-state index is 0. The number of rotatable bonds is 3. The smallest absolute Gasteiger partial charge is 0.396 e. The Morgan fingerprint density at radius 1 is 1.70 bits per heavy atom. The summed E-state index contributed by atoms with van der Waals surface area (Å²) in [6.07, 6.45) is 0.643. The largest absolute Gasteiger partial charge is 0.656 e. The van der Waals surface area contributed by atoms with Crippen LogP contribution in [0.3, 0.4) is 0 Å². The summed E-state index contributed by atoms with van der Waals surface area (Å²) in [7, 11) is -7.50. The van der Waals surface area contributed by atoms with E-state index in [-0.39, 0.29) is 26.2 Å². The van der Waals surface area contributed by atoms with Crippen molar-refractivity contribution in [2.24, 2.45) is 0 Å². The van der Waals surface area contributed by atoms with Crippen molar-refractivity contribution in [2.45, 2.75) is 0 Å². The Morgan fingerprint density at radius 3 is 2.20 bits per heavy atom. The molecule has 0 aliphatic rings. The molecule has 0 radical (unpaired) electrons. The van der Waals surface area contributed by atoms with E-state index in [1.54, 1.807) is 0 Å². The Labute approximate surface area is 77.5 Å². The standard InChI is InChI=1S/C2H4O5P2.Zr/c1-2-7-9(5,6)8(3)4;/h2H,1H2,(H-,3,4,5,6);/p+1. The van der Waals surface area contributed by atoms with Gasteiger partial charge in [-0.2, -0.15) is 9.46 Å². The maximum atomic E-state index is 10.2. The molecule has 0 aromatic heterocycles. The van der Waals surface area contributed by atoms with Crippen molar-refractivity contribution >= 4 is 15.0 Å². The third kappa shape index (κ3) is 4.48. The first-order valence-electron chi connectivity index (χ1n) is 1.79. The van der Waals surface area contributed by atoms with E-state index < -0.39 is 15.0 Å². The van der Waals surface area contributed by atoms with Gasteiger partial charge in [-0.1, -0.05) is 6.58 Å². The van der Waals surface area contributed by atoms with Crippen molar-refractivity contribution in [1.82, 2.24) is 0 Å². The minimum atomic E-state index is -4.32. The molecule has 0 aliphatic carbocycles. The van der Waals surface area contributed by atoms with Gasteiger partial charge in [0, 0.05) is 26.2 Å². The molecular weight excluding hydrogens is 257 g/mol. The van der Waals surface area contributed by atoms with Crippen LogP contribution in [0, 0.1) is 0 Å². The summed E-state index contributed by atoms with van der Waals surface area (Å²) >= 11 is 0. The molecule has 2 unspecified atom stereocenters. The van der Waals surface area contributed by atoms with E-state index in [9.17, 15) is 9.13 Å². The van der Waals surface area contributed by atoms with Crippen molar-refractivity contribution in [1.29, 1.82) is 0 Å². The fourth-order valence-corrected chi connectivity index (χ4v) is 0.854. The van der Waals surface area contributed by atoms with Crippen LogP contribution in [0.15, 0.2) is 12.8 Å². The minimum Gasteiger partial charge on any atom is -0.396 e. The van der Waals surface area contributed by atoms with Crippen molar-refractivity contribution in [3.63, 3.8) is 0 Å². The second kappa shape index (κ2) is 5.34. The molecule has 0 heterocycles. The molecule has 0 spiro atoms. The quantitative estimate of drug-likeness (QED) is 0.585.